The second-order valence-corrected chi connectivity index (χ2v) is 4.16. The fourth-order valence-corrected chi connectivity index (χ4v) is 2.20. The molecule has 1 fully saturated rings. The summed E-state index contributed by atoms with van der Waals surface area (Å²) in [6.07, 6.45) is 4.99. The van der Waals surface area contributed by atoms with Crippen LogP contribution in [0.15, 0.2) is 12.4 Å². The fraction of sp³-hybridized carbons (Fsp3) is 0.636. The zero-order chi connectivity index (χ0) is 11.6. The van der Waals surface area contributed by atoms with Crippen molar-refractivity contribution in [1.29, 1.82) is 0 Å². The molecular weight excluding hydrogens is 208 g/mol. The van der Waals surface area contributed by atoms with Crippen molar-refractivity contribution < 1.29 is 14.9 Å². The largest absolute Gasteiger partial charge is 0.480 e. The van der Waals surface area contributed by atoms with Crippen molar-refractivity contribution in [2.75, 3.05) is 7.11 Å². The summed E-state index contributed by atoms with van der Waals surface area (Å²) in [4.78, 5) is 8.01. The highest BCUT2D eigenvalue weighted by Gasteiger charge is 2.41. The molecule has 1 heterocycles. The predicted octanol–water partition coefficient (Wildman–Crippen LogP) is 0.824. The van der Waals surface area contributed by atoms with Crippen molar-refractivity contribution in [1.82, 2.24) is 9.97 Å². The van der Waals surface area contributed by atoms with Gasteiger partial charge in [0.1, 0.15) is 11.8 Å². The van der Waals surface area contributed by atoms with Crippen LogP contribution >= 0.6 is 0 Å². The Hall–Kier alpha value is -1.20. The van der Waals surface area contributed by atoms with Crippen molar-refractivity contribution in [2.24, 2.45) is 0 Å². The number of aliphatic hydroxyl groups excluding tert-OH is 1. The summed E-state index contributed by atoms with van der Waals surface area (Å²) < 4.78 is 5.03. The van der Waals surface area contributed by atoms with Crippen LogP contribution in [0.3, 0.4) is 0 Å². The number of ether oxygens (including phenoxy) is 1. The van der Waals surface area contributed by atoms with Gasteiger partial charge in [-0.15, -0.1) is 0 Å². The van der Waals surface area contributed by atoms with Gasteiger partial charge in [-0.25, -0.2) is 4.98 Å². The molecular formula is C11H16N2O3. The predicted molar refractivity (Wildman–Crippen MR) is 57.0 cm³/mol. The third-order valence-corrected chi connectivity index (χ3v) is 3.12. The van der Waals surface area contributed by atoms with Gasteiger partial charge in [0.05, 0.1) is 12.7 Å². The molecule has 2 rings (SSSR count). The van der Waals surface area contributed by atoms with E-state index in [1.54, 1.807) is 0 Å². The number of aliphatic hydroxyl groups is 2. The van der Waals surface area contributed by atoms with Crippen molar-refractivity contribution in [3.05, 3.63) is 18.1 Å². The van der Waals surface area contributed by atoms with Crippen molar-refractivity contribution in [2.45, 2.75) is 37.4 Å². The molecule has 5 heteroatoms. The molecule has 1 aliphatic carbocycles. The van der Waals surface area contributed by atoms with E-state index in [2.05, 4.69) is 9.97 Å². The molecule has 0 spiro atoms. The Bertz CT molecular complexity index is 364. The molecule has 0 aromatic carbocycles. The lowest BCUT2D eigenvalue weighted by molar-refractivity contribution is -0.0748. The Balaban J connectivity index is 2.29. The molecule has 2 N–H and O–H groups in total. The molecule has 1 saturated carbocycles. The molecule has 1 aromatic heterocycles. The van der Waals surface area contributed by atoms with Gasteiger partial charge in [0.25, 0.3) is 0 Å². The van der Waals surface area contributed by atoms with Gasteiger partial charge in [-0.05, 0) is 12.8 Å². The standard InChI is InChI=1S/C11H16N2O3/c1-16-10-8(12-6-7-13-10)9(14)11(15)4-2-3-5-11/h6-7,9,14-15H,2-5H2,1H3. The fourth-order valence-electron chi connectivity index (χ4n) is 2.20. The number of hydrogen-bond donors (Lipinski definition) is 2. The van der Waals surface area contributed by atoms with Gasteiger partial charge in [-0.1, -0.05) is 12.8 Å². The van der Waals surface area contributed by atoms with Crippen molar-refractivity contribution in [3.8, 4) is 5.88 Å². The van der Waals surface area contributed by atoms with Gasteiger partial charge < -0.3 is 14.9 Å². The smallest absolute Gasteiger partial charge is 0.238 e. The summed E-state index contributed by atoms with van der Waals surface area (Å²) >= 11 is 0. The van der Waals surface area contributed by atoms with Crippen LogP contribution in [0.2, 0.25) is 0 Å². The average molecular weight is 224 g/mol. The molecule has 5 nitrogen and oxygen atoms in total. The lowest BCUT2D eigenvalue weighted by Crippen LogP contribution is -2.33. The number of hydrogen-bond acceptors (Lipinski definition) is 5. The van der Waals surface area contributed by atoms with Crippen LogP contribution in [-0.2, 0) is 0 Å². The molecule has 1 atom stereocenters. The maximum Gasteiger partial charge on any atom is 0.238 e. The van der Waals surface area contributed by atoms with Crippen LogP contribution in [-0.4, -0.2) is 32.9 Å². The molecule has 88 valence electrons. The number of aromatic nitrogens is 2. The lowest BCUT2D eigenvalue weighted by atomic mass is 9.92. The van der Waals surface area contributed by atoms with Gasteiger partial charge in [0, 0.05) is 12.4 Å². The minimum Gasteiger partial charge on any atom is -0.480 e. The van der Waals surface area contributed by atoms with Crippen LogP contribution in [0.25, 0.3) is 0 Å². The quantitative estimate of drug-likeness (QED) is 0.795. The van der Waals surface area contributed by atoms with E-state index in [0.717, 1.165) is 12.8 Å². The summed E-state index contributed by atoms with van der Waals surface area (Å²) in [6, 6.07) is 0. The summed E-state index contributed by atoms with van der Waals surface area (Å²) in [5.74, 6) is 0.273. The summed E-state index contributed by atoms with van der Waals surface area (Å²) in [6.45, 7) is 0. The first kappa shape index (κ1) is 11.3. The van der Waals surface area contributed by atoms with Gasteiger partial charge in [-0.3, -0.25) is 4.98 Å². The second kappa shape index (κ2) is 4.35. The second-order valence-electron chi connectivity index (χ2n) is 4.16. The van der Waals surface area contributed by atoms with E-state index in [0.29, 0.717) is 18.5 Å². The Morgan fingerprint density at radius 1 is 1.31 bits per heavy atom. The highest BCUT2D eigenvalue weighted by Crippen LogP contribution is 2.40. The number of methoxy groups -OCH3 is 1. The van der Waals surface area contributed by atoms with Crippen molar-refractivity contribution in [3.63, 3.8) is 0 Å². The van der Waals surface area contributed by atoms with Crippen LogP contribution < -0.4 is 4.74 Å². The van der Waals surface area contributed by atoms with Gasteiger partial charge in [0.15, 0.2) is 0 Å². The highest BCUT2D eigenvalue weighted by atomic mass is 16.5. The summed E-state index contributed by atoms with van der Waals surface area (Å²) in [5.41, 5.74) is -0.766. The van der Waals surface area contributed by atoms with Gasteiger partial charge >= 0.3 is 0 Å². The average Bonchev–Trinajstić information content (AvgIpc) is 2.76. The maximum absolute atomic E-state index is 10.3. The first-order valence-corrected chi connectivity index (χ1v) is 5.43. The van der Waals surface area contributed by atoms with E-state index in [1.807, 2.05) is 0 Å². The van der Waals surface area contributed by atoms with E-state index < -0.39 is 11.7 Å². The zero-order valence-electron chi connectivity index (χ0n) is 9.26. The first-order valence-electron chi connectivity index (χ1n) is 5.43. The zero-order valence-corrected chi connectivity index (χ0v) is 9.26. The Labute approximate surface area is 94.1 Å². The Morgan fingerprint density at radius 3 is 2.56 bits per heavy atom. The minimum atomic E-state index is -1.08. The van der Waals surface area contributed by atoms with E-state index in [9.17, 15) is 10.2 Å². The van der Waals surface area contributed by atoms with Crippen LogP contribution in [0, 0.1) is 0 Å². The van der Waals surface area contributed by atoms with Gasteiger partial charge in [0.2, 0.25) is 5.88 Å². The topological polar surface area (TPSA) is 75.5 Å². The Kier molecular flexibility index (Phi) is 3.07. The van der Waals surface area contributed by atoms with E-state index in [4.69, 9.17) is 4.74 Å². The number of rotatable bonds is 3. The van der Waals surface area contributed by atoms with Crippen LogP contribution in [0.5, 0.6) is 5.88 Å². The van der Waals surface area contributed by atoms with E-state index in [-0.39, 0.29) is 5.88 Å². The molecule has 0 aliphatic heterocycles. The molecule has 0 radical (unpaired) electrons. The summed E-state index contributed by atoms with van der Waals surface area (Å²) in [7, 11) is 1.47. The van der Waals surface area contributed by atoms with Crippen LogP contribution in [0.4, 0.5) is 0 Å². The van der Waals surface area contributed by atoms with E-state index >= 15 is 0 Å². The number of nitrogens with zero attached hydrogens (tertiary/aromatic N) is 2. The highest BCUT2D eigenvalue weighted by molar-refractivity contribution is 5.22. The van der Waals surface area contributed by atoms with E-state index in [1.165, 1.54) is 19.5 Å². The third kappa shape index (κ3) is 1.88. The lowest BCUT2D eigenvalue weighted by Gasteiger charge is -2.28. The Morgan fingerprint density at radius 2 is 1.94 bits per heavy atom. The van der Waals surface area contributed by atoms with Crippen molar-refractivity contribution >= 4 is 0 Å². The molecule has 0 amide bonds. The monoisotopic (exact) mass is 224 g/mol. The molecule has 1 aliphatic rings. The molecule has 0 saturated heterocycles. The minimum absolute atomic E-state index is 0.273. The first-order chi connectivity index (χ1) is 7.67. The normalized spacial score (nSPS) is 20.7. The third-order valence-electron chi connectivity index (χ3n) is 3.12. The van der Waals surface area contributed by atoms with Gasteiger partial charge in [-0.2, -0.15) is 0 Å². The van der Waals surface area contributed by atoms with Crippen LogP contribution in [0.1, 0.15) is 37.5 Å². The maximum atomic E-state index is 10.3. The SMILES string of the molecule is COc1nccnc1C(O)C1(O)CCCC1. The molecule has 0 bridgehead atoms. The molecule has 1 aromatic rings. The summed E-state index contributed by atoms with van der Waals surface area (Å²) in [5, 5.41) is 20.4. The molecule has 1 unspecified atom stereocenters. The molecule has 16 heavy (non-hydrogen) atoms.